The van der Waals surface area contributed by atoms with Gasteiger partial charge in [0.1, 0.15) is 0 Å². The molecule has 0 aromatic carbocycles. The fraction of sp³-hybridized carbons (Fsp3) is 1.00. The zero-order chi connectivity index (χ0) is 20.3. The van der Waals surface area contributed by atoms with Gasteiger partial charge in [-0.05, 0) is 20.8 Å². The second-order valence-electron chi connectivity index (χ2n) is 4.52. The Kier molecular flexibility index (Phi) is 7.76. The molecule has 0 N–H and O–H groups in total. The van der Waals surface area contributed by atoms with Crippen LogP contribution in [0.1, 0.15) is 20.8 Å². The molecule has 0 atom stereocenters. The van der Waals surface area contributed by atoms with Gasteiger partial charge in [-0.2, -0.15) is 51.7 Å². The van der Waals surface area contributed by atoms with E-state index in [2.05, 4.69) is 8.57 Å². The van der Waals surface area contributed by atoms with Crippen molar-refractivity contribution >= 4 is 27.8 Å². The molecule has 0 saturated carbocycles. The van der Waals surface area contributed by atoms with Crippen LogP contribution in [0.25, 0.3) is 0 Å². The van der Waals surface area contributed by atoms with Crippen LogP contribution in [0.15, 0.2) is 0 Å². The van der Waals surface area contributed by atoms with Gasteiger partial charge in [0.15, 0.2) is 7.55 Å². The fourth-order valence-corrected chi connectivity index (χ4v) is 2.18. The van der Waals surface area contributed by atoms with Crippen LogP contribution in [0.4, 0.5) is 26.3 Å². The zero-order valence-corrected chi connectivity index (χ0v) is 14.8. The predicted octanol–water partition coefficient (Wildman–Crippen LogP) is 1.26. The van der Waals surface area contributed by atoms with Crippen molar-refractivity contribution in [2.24, 2.45) is 0 Å². The average Bonchev–Trinajstić information content (AvgIpc) is 2.41. The monoisotopic (exact) mass is 424 g/mol. The highest BCUT2D eigenvalue weighted by Crippen LogP contribution is 2.29. The van der Waals surface area contributed by atoms with Crippen molar-refractivity contribution in [2.45, 2.75) is 31.8 Å². The van der Waals surface area contributed by atoms with E-state index in [9.17, 15) is 43.2 Å². The molecule has 8 nitrogen and oxygen atoms in total. The van der Waals surface area contributed by atoms with Gasteiger partial charge in [0.2, 0.25) is 0 Å². The van der Waals surface area contributed by atoms with Gasteiger partial charge >= 0.3 is 31.3 Å². The molecule has 25 heavy (non-hydrogen) atoms. The smallest absolute Gasteiger partial charge is 0.524 e. The number of hydrogen-bond donors (Lipinski definition) is 0. The van der Waals surface area contributed by atoms with Gasteiger partial charge < -0.3 is 4.39 Å². The van der Waals surface area contributed by atoms with E-state index in [4.69, 9.17) is 0 Å². The first-order valence-corrected chi connectivity index (χ1v) is 9.31. The maximum Gasteiger partial charge on any atom is 0.524 e. The molecule has 0 fully saturated rings. The highest BCUT2D eigenvalue weighted by atomic mass is 32.2. The molecular formula is C8H15BF6N2O6S2. The summed E-state index contributed by atoms with van der Waals surface area (Å²) in [6.45, 7) is 4.56. The summed E-state index contributed by atoms with van der Waals surface area (Å²) in [5, 5.41) is -0.956. The minimum Gasteiger partial charge on any atom is -0.544 e. The van der Waals surface area contributed by atoms with Gasteiger partial charge in [0.05, 0.1) is 0 Å². The van der Waals surface area contributed by atoms with Crippen molar-refractivity contribution in [3.8, 4) is 0 Å². The third kappa shape index (κ3) is 6.24. The Morgan fingerprint density at radius 3 is 1.28 bits per heavy atom. The Labute approximate surface area is 141 Å². The van der Waals surface area contributed by atoms with Gasteiger partial charge in [0, 0.05) is 19.6 Å². The fourth-order valence-electron chi connectivity index (χ4n) is 1.44. The Bertz CT molecular complexity index is 591. The van der Waals surface area contributed by atoms with Crippen LogP contribution in [0.5, 0.6) is 0 Å². The zero-order valence-electron chi connectivity index (χ0n) is 13.1. The lowest BCUT2D eigenvalue weighted by atomic mass is 10.0. The third-order valence-corrected chi connectivity index (χ3v) is 4.96. The first-order valence-electron chi connectivity index (χ1n) is 6.49. The second kappa shape index (κ2) is 7.95. The van der Waals surface area contributed by atoms with Crippen molar-refractivity contribution in [1.82, 2.24) is 5.14 Å². The van der Waals surface area contributed by atoms with Crippen molar-refractivity contribution in [2.75, 3.05) is 19.6 Å². The molecule has 0 heterocycles. The van der Waals surface area contributed by atoms with Crippen LogP contribution in [-0.4, -0.2) is 64.6 Å². The Balaban J connectivity index is 5.85. The van der Waals surface area contributed by atoms with E-state index in [1.165, 1.54) is 20.8 Å². The van der Waals surface area contributed by atoms with E-state index in [1.54, 1.807) is 0 Å². The largest absolute Gasteiger partial charge is 0.544 e. The number of halogens is 6. The van der Waals surface area contributed by atoms with Crippen LogP contribution in [-0.2, 0) is 28.8 Å². The van der Waals surface area contributed by atoms with Crippen LogP contribution in [0, 0.1) is 0 Å². The lowest BCUT2D eigenvalue weighted by Gasteiger charge is -2.50. The normalized spacial score (nSPS) is 15.0. The van der Waals surface area contributed by atoms with Gasteiger partial charge in [-0.1, -0.05) is 0 Å². The van der Waals surface area contributed by atoms with Crippen LogP contribution in [0.2, 0.25) is 0 Å². The van der Waals surface area contributed by atoms with Crippen LogP contribution < -0.4 is 0 Å². The molecule has 0 rings (SSSR count). The number of hydrogen-bond acceptors (Lipinski definition) is 7. The molecule has 0 bridgehead atoms. The SMILES string of the molecule is CC[N+]([B-]N(OS(=O)(=O)C(F)(F)F)OS(=O)(=O)C(F)(F)F)(CC)CC. The number of quaternary nitrogens is 1. The summed E-state index contributed by atoms with van der Waals surface area (Å²) in [5.41, 5.74) is -12.0. The maximum atomic E-state index is 12.4. The minimum atomic E-state index is -6.48. The lowest BCUT2D eigenvalue weighted by molar-refractivity contribution is -0.823. The van der Waals surface area contributed by atoms with Gasteiger partial charge in [0.25, 0.3) is 0 Å². The lowest BCUT2D eigenvalue weighted by Crippen LogP contribution is -2.58. The molecule has 0 aliphatic carbocycles. The molecule has 2 radical (unpaired) electrons. The molecular weight excluding hydrogens is 409 g/mol. The second-order valence-corrected chi connectivity index (χ2v) is 7.56. The molecule has 0 aromatic heterocycles. The quantitative estimate of drug-likeness (QED) is 0.238. The van der Waals surface area contributed by atoms with Gasteiger partial charge in [-0.25, -0.2) is 5.14 Å². The summed E-state index contributed by atoms with van der Waals surface area (Å²) in [6, 6.07) is 0. The highest BCUT2D eigenvalue weighted by Gasteiger charge is 2.52. The summed E-state index contributed by atoms with van der Waals surface area (Å²) >= 11 is 0. The summed E-state index contributed by atoms with van der Waals surface area (Å²) in [7, 11) is -12.6. The topological polar surface area (TPSA) is 90.0 Å². The van der Waals surface area contributed by atoms with E-state index in [1.807, 2.05) is 0 Å². The summed E-state index contributed by atoms with van der Waals surface area (Å²) in [6.07, 6.45) is 0. The van der Waals surface area contributed by atoms with Crippen molar-refractivity contribution in [1.29, 1.82) is 0 Å². The molecule has 0 spiro atoms. The standard InChI is InChI=1S/C8H15BF6N2O6S2/c1-4-17(5-2,6-3)9-16(22-24(18,19)7(10,11)12)23-25(20,21)8(13,14)15/h4-6H2,1-3H3. The number of rotatable bonds is 9. The maximum absolute atomic E-state index is 12.4. The Morgan fingerprint density at radius 2 is 1.08 bits per heavy atom. The first-order chi connectivity index (χ1) is 11.0. The molecule has 0 aliphatic rings. The summed E-state index contributed by atoms with van der Waals surface area (Å²) < 4.78 is 124. The van der Waals surface area contributed by atoms with Crippen LogP contribution >= 0.6 is 0 Å². The van der Waals surface area contributed by atoms with E-state index in [0.717, 1.165) is 0 Å². The van der Waals surface area contributed by atoms with E-state index < -0.39 is 40.8 Å². The Morgan fingerprint density at radius 1 is 0.800 bits per heavy atom. The predicted molar refractivity (Wildman–Crippen MR) is 71.6 cm³/mol. The minimum absolute atomic E-state index is 0.0500. The van der Waals surface area contributed by atoms with Gasteiger partial charge in [-0.15, -0.1) is 0 Å². The summed E-state index contributed by atoms with van der Waals surface area (Å²) in [5.74, 6) is 0. The average molecular weight is 424 g/mol. The number of alkyl halides is 6. The van der Waals surface area contributed by atoms with Crippen molar-refractivity contribution in [3.63, 3.8) is 0 Å². The molecule has 0 unspecified atom stereocenters. The van der Waals surface area contributed by atoms with E-state index in [-0.39, 0.29) is 19.6 Å². The van der Waals surface area contributed by atoms with Crippen molar-refractivity contribution < 1.29 is 56.1 Å². The van der Waals surface area contributed by atoms with E-state index >= 15 is 0 Å². The van der Waals surface area contributed by atoms with Gasteiger partial charge in [-0.3, -0.25) is 0 Å². The molecule has 0 aromatic rings. The van der Waals surface area contributed by atoms with E-state index in [0.29, 0.717) is 7.55 Å². The summed E-state index contributed by atoms with van der Waals surface area (Å²) in [4.78, 5) is 0. The number of nitrogens with zero attached hydrogens (tertiary/aromatic N) is 2. The first kappa shape index (κ1) is 24.4. The van der Waals surface area contributed by atoms with Crippen LogP contribution in [0.3, 0.4) is 0 Å². The van der Waals surface area contributed by atoms with Crippen molar-refractivity contribution in [3.05, 3.63) is 0 Å². The molecule has 0 aliphatic heterocycles. The molecule has 0 saturated heterocycles. The highest BCUT2D eigenvalue weighted by molar-refractivity contribution is 7.88. The molecule has 17 heteroatoms. The Hall–Kier alpha value is -0.615. The molecule has 150 valence electrons. The third-order valence-electron chi connectivity index (χ3n) is 3.14. The molecule has 0 amide bonds.